The summed E-state index contributed by atoms with van der Waals surface area (Å²) in [6.07, 6.45) is 4.35. The molecule has 1 aromatic carbocycles. The molecule has 0 heterocycles. The van der Waals surface area contributed by atoms with Gasteiger partial charge in [0.2, 0.25) is 0 Å². The molecule has 0 radical (unpaired) electrons. The van der Waals surface area contributed by atoms with Gasteiger partial charge >= 0.3 is 0 Å². The monoisotopic (exact) mass is 325 g/mol. The van der Waals surface area contributed by atoms with E-state index in [9.17, 15) is 4.39 Å². The first-order valence-corrected chi connectivity index (χ1v) is 7.59. The van der Waals surface area contributed by atoms with Crippen molar-refractivity contribution in [3.8, 4) is 0 Å². The molecule has 0 aromatic heterocycles. The van der Waals surface area contributed by atoms with Crippen molar-refractivity contribution in [1.29, 1.82) is 0 Å². The molecule has 1 N–H and O–H groups in total. The lowest BCUT2D eigenvalue weighted by atomic mass is 10.3. The quantitative estimate of drug-likeness (QED) is 0.754. The van der Waals surface area contributed by atoms with E-state index in [4.69, 9.17) is 11.6 Å². The molecule has 0 fully saturated rings. The minimum atomic E-state index is -0.329. The van der Waals surface area contributed by atoms with E-state index in [0.29, 0.717) is 9.50 Å². The van der Waals surface area contributed by atoms with Crippen molar-refractivity contribution in [2.45, 2.75) is 12.8 Å². The Bertz CT molecular complexity index is 326. The zero-order valence-electron chi connectivity index (χ0n) is 9.03. The van der Waals surface area contributed by atoms with E-state index in [0.717, 1.165) is 18.7 Å². The number of thioether (sulfide) groups is 1. The van der Waals surface area contributed by atoms with Gasteiger partial charge in [0.25, 0.3) is 0 Å². The highest BCUT2D eigenvalue weighted by molar-refractivity contribution is 9.10. The van der Waals surface area contributed by atoms with Crippen LogP contribution >= 0.6 is 39.3 Å². The lowest BCUT2D eigenvalue weighted by molar-refractivity contribution is 0.627. The van der Waals surface area contributed by atoms with Crippen LogP contribution in [0.2, 0.25) is 5.02 Å². The zero-order chi connectivity index (χ0) is 12.0. The van der Waals surface area contributed by atoms with Gasteiger partial charge in [0.05, 0.1) is 10.7 Å². The van der Waals surface area contributed by atoms with Crippen molar-refractivity contribution in [1.82, 2.24) is 0 Å². The van der Waals surface area contributed by atoms with E-state index in [2.05, 4.69) is 27.5 Å². The molecule has 0 atom stereocenters. The Morgan fingerprint density at radius 1 is 1.44 bits per heavy atom. The predicted molar refractivity (Wildman–Crippen MR) is 75.2 cm³/mol. The van der Waals surface area contributed by atoms with E-state index in [1.807, 2.05) is 11.8 Å². The summed E-state index contributed by atoms with van der Waals surface area (Å²) in [5.74, 6) is 0.838. The molecule has 0 aliphatic carbocycles. The smallest absolute Gasteiger partial charge is 0.125 e. The molecule has 0 saturated heterocycles. The molecule has 5 heteroatoms. The standard InChI is InChI=1S/C11H14BrClFNS/c1-16-5-3-2-4-15-11-9(12)6-8(14)7-10(11)13/h6-7,15H,2-5H2,1H3. The van der Waals surface area contributed by atoms with Crippen LogP contribution in [-0.4, -0.2) is 18.6 Å². The maximum absolute atomic E-state index is 13.0. The van der Waals surface area contributed by atoms with E-state index in [1.54, 1.807) is 0 Å². The molecule has 0 unspecified atom stereocenters. The maximum Gasteiger partial charge on any atom is 0.125 e. The number of halogens is 3. The number of nitrogens with one attached hydrogen (secondary N) is 1. The normalized spacial score (nSPS) is 10.5. The molecular formula is C11H14BrClFNS. The Balaban J connectivity index is 2.47. The minimum absolute atomic E-state index is 0.329. The van der Waals surface area contributed by atoms with Gasteiger partial charge < -0.3 is 5.32 Å². The fraction of sp³-hybridized carbons (Fsp3) is 0.455. The molecule has 0 amide bonds. The van der Waals surface area contributed by atoms with Crippen LogP contribution in [-0.2, 0) is 0 Å². The Kier molecular flexibility index (Phi) is 6.54. The van der Waals surface area contributed by atoms with E-state index in [-0.39, 0.29) is 5.82 Å². The van der Waals surface area contributed by atoms with Crippen LogP contribution in [0.1, 0.15) is 12.8 Å². The largest absolute Gasteiger partial charge is 0.383 e. The molecule has 0 aliphatic heterocycles. The van der Waals surface area contributed by atoms with Crippen LogP contribution in [0.15, 0.2) is 16.6 Å². The van der Waals surface area contributed by atoms with Gasteiger partial charge in [-0.1, -0.05) is 11.6 Å². The third-order valence-electron chi connectivity index (χ3n) is 2.08. The van der Waals surface area contributed by atoms with Gasteiger partial charge in [0.1, 0.15) is 5.82 Å². The number of unbranched alkanes of at least 4 members (excludes halogenated alkanes) is 1. The number of anilines is 1. The maximum atomic E-state index is 13.0. The van der Waals surface area contributed by atoms with Crippen molar-refractivity contribution in [3.63, 3.8) is 0 Å². The number of hydrogen-bond acceptors (Lipinski definition) is 2. The van der Waals surface area contributed by atoms with Crippen molar-refractivity contribution in [2.75, 3.05) is 23.9 Å². The second-order valence-corrected chi connectivity index (χ2v) is 5.62. The summed E-state index contributed by atoms with van der Waals surface area (Å²) in [7, 11) is 0. The summed E-state index contributed by atoms with van der Waals surface area (Å²) in [5.41, 5.74) is 0.771. The van der Waals surface area contributed by atoms with Gasteiger partial charge in [0, 0.05) is 11.0 Å². The Hall–Kier alpha value is 0.0700. The van der Waals surface area contributed by atoms with Crippen LogP contribution in [0.4, 0.5) is 10.1 Å². The number of rotatable bonds is 6. The van der Waals surface area contributed by atoms with Gasteiger partial charge in [-0.3, -0.25) is 0 Å². The molecular weight excluding hydrogens is 313 g/mol. The highest BCUT2D eigenvalue weighted by atomic mass is 79.9. The SMILES string of the molecule is CSCCCCNc1c(Cl)cc(F)cc1Br. The highest BCUT2D eigenvalue weighted by Crippen LogP contribution is 2.31. The third-order valence-corrected chi connectivity index (χ3v) is 3.70. The summed E-state index contributed by atoms with van der Waals surface area (Å²) in [4.78, 5) is 0. The van der Waals surface area contributed by atoms with Crippen LogP contribution in [0.5, 0.6) is 0 Å². The molecule has 0 aliphatic rings. The second-order valence-electron chi connectivity index (χ2n) is 3.37. The average molecular weight is 327 g/mol. The highest BCUT2D eigenvalue weighted by Gasteiger charge is 2.06. The average Bonchev–Trinajstić information content (AvgIpc) is 2.20. The molecule has 90 valence electrons. The Labute approximate surface area is 113 Å². The van der Waals surface area contributed by atoms with E-state index in [1.165, 1.54) is 24.3 Å². The van der Waals surface area contributed by atoms with Gasteiger partial charge in [0.15, 0.2) is 0 Å². The summed E-state index contributed by atoms with van der Waals surface area (Å²) in [6, 6.07) is 2.73. The first-order chi connectivity index (χ1) is 7.65. The molecule has 1 aromatic rings. The van der Waals surface area contributed by atoms with Crippen LogP contribution in [0, 0.1) is 5.82 Å². The van der Waals surface area contributed by atoms with Crippen molar-refractivity contribution >= 4 is 45.0 Å². The van der Waals surface area contributed by atoms with Crippen molar-refractivity contribution in [3.05, 3.63) is 27.4 Å². The molecule has 1 nitrogen and oxygen atoms in total. The summed E-state index contributed by atoms with van der Waals surface area (Å²) < 4.78 is 13.6. The van der Waals surface area contributed by atoms with Crippen LogP contribution in [0.3, 0.4) is 0 Å². The Morgan fingerprint density at radius 3 is 2.81 bits per heavy atom. The third kappa shape index (κ3) is 4.52. The predicted octanol–water partition coefficient (Wildman–Crippen LogP) is 4.80. The van der Waals surface area contributed by atoms with Gasteiger partial charge in [-0.25, -0.2) is 4.39 Å². The van der Waals surface area contributed by atoms with E-state index < -0.39 is 0 Å². The van der Waals surface area contributed by atoms with Gasteiger partial charge in [-0.05, 0) is 52.9 Å². The first kappa shape index (κ1) is 14.1. The minimum Gasteiger partial charge on any atom is -0.383 e. The Morgan fingerprint density at radius 2 is 2.19 bits per heavy atom. The van der Waals surface area contributed by atoms with Crippen molar-refractivity contribution < 1.29 is 4.39 Å². The molecule has 1 rings (SSSR count). The molecule has 0 spiro atoms. The number of hydrogen-bond donors (Lipinski definition) is 1. The molecule has 0 bridgehead atoms. The fourth-order valence-electron chi connectivity index (χ4n) is 1.30. The summed E-state index contributed by atoms with van der Waals surface area (Å²) >= 11 is 11.1. The topological polar surface area (TPSA) is 12.0 Å². The van der Waals surface area contributed by atoms with Crippen molar-refractivity contribution in [2.24, 2.45) is 0 Å². The summed E-state index contributed by atoms with van der Waals surface area (Å²) in [6.45, 7) is 0.852. The molecule has 0 saturated carbocycles. The summed E-state index contributed by atoms with van der Waals surface area (Å²) in [5, 5.41) is 3.63. The van der Waals surface area contributed by atoms with Crippen LogP contribution in [0.25, 0.3) is 0 Å². The van der Waals surface area contributed by atoms with Gasteiger partial charge in [-0.2, -0.15) is 11.8 Å². The second kappa shape index (κ2) is 7.41. The van der Waals surface area contributed by atoms with E-state index >= 15 is 0 Å². The fourth-order valence-corrected chi connectivity index (χ4v) is 2.75. The van der Waals surface area contributed by atoms with Gasteiger partial charge in [-0.15, -0.1) is 0 Å². The molecule has 16 heavy (non-hydrogen) atoms. The lowest BCUT2D eigenvalue weighted by Gasteiger charge is -2.10. The lowest BCUT2D eigenvalue weighted by Crippen LogP contribution is -2.03. The van der Waals surface area contributed by atoms with Crippen LogP contribution < -0.4 is 5.32 Å². The number of benzene rings is 1. The zero-order valence-corrected chi connectivity index (χ0v) is 12.2. The first-order valence-electron chi connectivity index (χ1n) is 5.02.